The predicted octanol–water partition coefficient (Wildman–Crippen LogP) is -0.0915. The zero-order valence-electron chi connectivity index (χ0n) is 8.80. The molecule has 0 unspecified atom stereocenters. The Kier molecular flexibility index (Phi) is 1.95. The van der Waals surface area contributed by atoms with Crippen molar-refractivity contribution in [1.82, 2.24) is 10.2 Å². The molecule has 0 saturated carbocycles. The third kappa shape index (κ3) is 1.30. The average Bonchev–Trinajstić information content (AvgIpc) is 1.97. The van der Waals surface area contributed by atoms with Crippen LogP contribution in [-0.2, 0) is 0 Å². The fraction of sp³-hybridized carbons (Fsp3) is 1.00. The summed E-state index contributed by atoms with van der Waals surface area (Å²) in [4.78, 5) is 2.34. The Morgan fingerprint density at radius 2 is 1.69 bits per heavy atom. The number of piperidine rings is 2. The van der Waals surface area contributed by atoms with E-state index in [-0.39, 0.29) is 16.9 Å². The van der Waals surface area contributed by atoms with Crippen LogP contribution in [0.4, 0.5) is 0 Å². The molecule has 2 heterocycles. The topological polar surface area (TPSA) is 35.5 Å². The molecule has 2 aliphatic heterocycles. The highest BCUT2D eigenvalue weighted by molar-refractivity contribution is 5.06. The van der Waals surface area contributed by atoms with Crippen LogP contribution in [0.25, 0.3) is 0 Å². The second-order valence-electron chi connectivity index (χ2n) is 5.49. The summed E-state index contributed by atoms with van der Waals surface area (Å²) in [6.45, 7) is 8.23. The Bertz CT molecular complexity index is 201. The van der Waals surface area contributed by atoms with Crippen molar-refractivity contribution in [2.75, 3.05) is 33.2 Å². The molecule has 3 heteroatoms. The molecule has 13 heavy (non-hydrogen) atoms. The molecule has 2 fully saturated rings. The summed E-state index contributed by atoms with van der Waals surface area (Å²) in [5.41, 5.74) is 0.0833. The van der Waals surface area contributed by atoms with Gasteiger partial charge in [0.25, 0.3) is 0 Å². The van der Waals surface area contributed by atoms with Crippen molar-refractivity contribution < 1.29 is 5.11 Å². The fourth-order valence-corrected chi connectivity index (χ4v) is 3.24. The van der Waals surface area contributed by atoms with Crippen molar-refractivity contribution in [3.05, 3.63) is 0 Å². The summed E-state index contributed by atoms with van der Waals surface area (Å²) in [7, 11) is 2.15. The monoisotopic (exact) mass is 184 g/mol. The van der Waals surface area contributed by atoms with Gasteiger partial charge in [0, 0.05) is 37.0 Å². The second kappa shape index (κ2) is 2.69. The van der Waals surface area contributed by atoms with Crippen molar-refractivity contribution in [1.29, 1.82) is 0 Å². The summed E-state index contributed by atoms with van der Waals surface area (Å²) >= 11 is 0. The van der Waals surface area contributed by atoms with Crippen LogP contribution < -0.4 is 5.32 Å². The maximum Gasteiger partial charge on any atom is 0.0696 e. The van der Waals surface area contributed by atoms with Crippen LogP contribution >= 0.6 is 0 Å². The predicted molar refractivity (Wildman–Crippen MR) is 52.6 cm³/mol. The Balaban J connectivity index is 2.29. The zero-order chi connectivity index (χ0) is 9.69. The van der Waals surface area contributed by atoms with Crippen molar-refractivity contribution >= 4 is 0 Å². The van der Waals surface area contributed by atoms with E-state index in [0.29, 0.717) is 0 Å². The molecule has 2 atom stereocenters. The van der Waals surface area contributed by atoms with E-state index in [4.69, 9.17) is 0 Å². The van der Waals surface area contributed by atoms with Crippen molar-refractivity contribution in [2.45, 2.75) is 20.0 Å². The molecule has 0 spiro atoms. The van der Waals surface area contributed by atoms with Crippen LogP contribution in [-0.4, -0.2) is 49.3 Å². The largest absolute Gasteiger partial charge is 0.392 e. The van der Waals surface area contributed by atoms with Gasteiger partial charge >= 0.3 is 0 Å². The molecule has 0 aromatic heterocycles. The van der Waals surface area contributed by atoms with E-state index in [1.165, 1.54) is 0 Å². The molecule has 2 bridgehead atoms. The van der Waals surface area contributed by atoms with Gasteiger partial charge in [0.1, 0.15) is 0 Å². The number of aliphatic hydroxyl groups is 1. The molecule has 0 amide bonds. The Labute approximate surface area is 80.1 Å². The van der Waals surface area contributed by atoms with Gasteiger partial charge in [0.15, 0.2) is 0 Å². The molecule has 0 aromatic carbocycles. The maximum atomic E-state index is 10.3. The van der Waals surface area contributed by atoms with Gasteiger partial charge in [-0.2, -0.15) is 0 Å². The number of aliphatic hydroxyl groups excluding tert-OH is 1. The van der Waals surface area contributed by atoms with Gasteiger partial charge in [-0.05, 0) is 7.05 Å². The summed E-state index contributed by atoms with van der Waals surface area (Å²) in [6.07, 6.45) is -0.155. The summed E-state index contributed by atoms with van der Waals surface area (Å²) < 4.78 is 0. The van der Waals surface area contributed by atoms with Crippen LogP contribution in [0.1, 0.15) is 13.8 Å². The number of likely N-dealkylation sites (tertiary alicyclic amines) is 1. The maximum absolute atomic E-state index is 10.3. The van der Waals surface area contributed by atoms with Gasteiger partial charge in [-0.25, -0.2) is 0 Å². The van der Waals surface area contributed by atoms with Gasteiger partial charge in [0.05, 0.1) is 6.10 Å². The first kappa shape index (κ1) is 9.44. The molecule has 76 valence electrons. The molecular formula is C10H20N2O. The van der Waals surface area contributed by atoms with E-state index in [9.17, 15) is 5.11 Å². The first-order valence-electron chi connectivity index (χ1n) is 5.04. The highest BCUT2D eigenvalue weighted by Crippen LogP contribution is 2.42. The molecule has 2 rings (SSSR count). The SMILES string of the molecule is CN1C[C@]2(C)CNC[C@@](C)(C1)C2O. The quantitative estimate of drug-likeness (QED) is 0.552. The normalized spacial score (nSPS) is 52.2. The van der Waals surface area contributed by atoms with Crippen molar-refractivity contribution in [3.8, 4) is 0 Å². The summed E-state index contributed by atoms with van der Waals surface area (Å²) in [5, 5.41) is 13.7. The van der Waals surface area contributed by atoms with E-state index in [0.717, 1.165) is 26.2 Å². The first-order chi connectivity index (χ1) is 5.96. The number of rotatable bonds is 0. The van der Waals surface area contributed by atoms with E-state index < -0.39 is 0 Å². The van der Waals surface area contributed by atoms with E-state index in [1.54, 1.807) is 0 Å². The van der Waals surface area contributed by atoms with Crippen LogP contribution in [0.3, 0.4) is 0 Å². The molecular weight excluding hydrogens is 164 g/mol. The lowest BCUT2D eigenvalue weighted by Gasteiger charge is -2.56. The van der Waals surface area contributed by atoms with Gasteiger partial charge < -0.3 is 15.3 Å². The minimum absolute atomic E-state index is 0.0417. The van der Waals surface area contributed by atoms with Crippen LogP contribution in [0.5, 0.6) is 0 Å². The minimum Gasteiger partial charge on any atom is -0.392 e. The smallest absolute Gasteiger partial charge is 0.0696 e. The lowest BCUT2D eigenvalue weighted by atomic mass is 9.64. The number of hydrogen-bond acceptors (Lipinski definition) is 3. The molecule has 3 nitrogen and oxygen atoms in total. The van der Waals surface area contributed by atoms with E-state index in [1.807, 2.05) is 0 Å². The van der Waals surface area contributed by atoms with E-state index >= 15 is 0 Å². The van der Waals surface area contributed by atoms with Crippen LogP contribution in [0, 0.1) is 10.8 Å². The number of nitrogens with one attached hydrogen (secondary N) is 1. The number of fused-ring (bicyclic) bond motifs is 2. The van der Waals surface area contributed by atoms with Crippen molar-refractivity contribution in [3.63, 3.8) is 0 Å². The number of hydrogen-bond donors (Lipinski definition) is 2. The number of nitrogens with zero attached hydrogens (tertiary/aromatic N) is 1. The summed E-state index contributed by atoms with van der Waals surface area (Å²) in [5.74, 6) is 0. The van der Waals surface area contributed by atoms with Crippen LogP contribution in [0.2, 0.25) is 0 Å². The Hall–Kier alpha value is -0.120. The average molecular weight is 184 g/mol. The molecule has 2 N–H and O–H groups in total. The highest BCUT2D eigenvalue weighted by atomic mass is 16.3. The first-order valence-corrected chi connectivity index (χ1v) is 5.04. The van der Waals surface area contributed by atoms with Crippen LogP contribution in [0.15, 0.2) is 0 Å². The fourth-order valence-electron chi connectivity index (χ4n) is 3.24. The van der Waals surface area contributed by atoms with Crippen molar-refractivity contribution in [2.24, 2.45) is 10.8 Å². The third-order valence-electron chi connectivity index (χ3n) is 3.64. The van der Waals surface area contributed by atoms with Gasteiger partial charge in [-0.3, -0.25) is 0 Å². The standard InChI is InChI=1S/C10H20N2O/c1-9-4-11-5-10(2,8(9)13)7-12(3)6-9/h8,11,13H,4-7H2,1-3H3/t9-,10-/m0/s1. The molecule has 0 radical (unpaired) electrons. The zero-order valence-corrected chi connectivity index (χ0v) is 8.80. The second-order valence-corrected chi connectivity index (χ2v) is 5.49. The van der Waals surface area contributed by atoms with Gasteiger partial charge in [0.2, 0.25) is 0 Å². The Morgan fingerprint density at radius 3 is 2.15 bits per heavy atom. The molecule has 0 aliphatic carbocycles. The third-order valence-corrected chi connectivity index (χ3v) is 3.64. The van der Waals surface area contributed by atoms with Gasteiger partial charge in [-0.1, -0.05) is 13.8 Å². The highest BCUT2D eigenvalue weighted by Gasteiger charge is 2.52. The van der Waals surface area contributed by atoms with E-state index in [2.05, 4.69) is 31.1 Å². The Morgan fingerprint density at radius 1 is 1.23 bits per heavy atom. The minimum atomic E-state index is -0.155. The molecule has 2 aliphatic rings. The van der Waals surface area contributed by atoms with Gasteiger partial charge in [-0.15, -0.1) is 0 Å². The molecule has 2 saturated heterocycles. The lowest BCUT2D eigenvalue weighted by Crippen LogP contribution is -2.68. The summed E-state index contributed by atoms with van der Waals surface area (Å²) in [6, 6.07) is 0. The molecule has 0 aromatic rings. The lowest BCUT2D eigenvalue weighted by molar-refractivity contribution is -0.135.